The first kappa shape index (κ1) is 19.6. The summed E-state index contributed by atoms with van der Waals surface area (Å²) < 4.78 is 38.5. The molecule has 1 aliphatic rings. The predicted octanol–water partition coefficient (Wildman–Crippen LogP) is 3.04. The summed E-state index contributed by atoms with van der Waals surface area (Å²) in [7, 11) is -3.25. The van der Waals surface area contributed by atoms with Crippen LogP contribution in [0.25, 0.3) is 0 Å². The van der Waals surface area contributed by atoms with E-state index in [-0.39, 0.29) is 27.9 Å². The number of fused-ring (bicyclic) bond motifs is 2. The minimum Gasteiger partial charge on any atom is -0.497 e. The lowest BCUT2D eigenvalue weighted by Crippen LogP contribution is -2.25. The van der Waals surface area contributed by atoms with Crippen LogP contribution in [0, 0.1) is 0 Å². The van der Waals surface area contributed by atoms with Gasteiger partial charge in [-0.1, -0.05) is 24.3 Å². The lowest BCUT2D eigenvalue weighted by molar-refractivity contribution is 0.0980. The third kappa shape index (κ3) is 3.10. The molecule has 3 aromatic rings. The lowest BCUT2D eigenvalue weighted by atomic mass is 9.82. The number of anilines is 3. The minimum absolute atomic E-state index is 0.0323. The summed E-state index contributed by atoms with van der Waals surface area (Å²) in [5.41, 5.74) is 5.99. The van der Waals surface area contributed by atoms with Crippen LogP contribution in [0.3, 0.4) is 0 Å². The molecule has 0 radical (unpaired) electrons. The van der Waals surface area contributed by atoms with Crippen LogP contribution in [-0.2, 0) is 10.1 Å². The number of nitrogen functional groups attached to an aromatic ring is 1. The molecule has 4 N–H and O–H groups in total. The van der Waals surface area contributed by atoms with Gasteiger partial charge in [-0.2, -0.15) is 8.42 Å². The second-order valence-electron chi connectivity index (χ2n) is 6.62. The number of hydrogen-bond acceptors (Lipinski definition) is 7. The van der Waals surface area contributed by atoms with Gasteiger partial charge in [-0.3, -0.25) is 14.1 Å². The van der Waals surface area contributed by atoms with Gasteiger partial charge >= 0.3 is 0 Å². The number of carbonyl (C=O) groups is 2. The van der Waals surface area contributed by atoms with Gasteiger partial charge in [0.15, 0.2) is 11.6 Å². The number of nitrogens with one attached hydrogen (secondary N) is 1. The highest BCUT2D eigenvalue weighted by Gasteiger charge is 2.36. The third-order valence-corrected chi connectivity index (χ3v) is 5.74. The van der Waals surface area contributed by atoms with Gasteiger partial charge in [0.05, 0.1) is 29.6 Å². The van der Waals surface area contributed by atoms with Crippen molar-refractivity contribution in [3.63, 3.8) is 0 Å². The Bertz CT molecular complexity index is 1310. The van der Waals surface area contributed by atoms with E-state index in [0.717, 1.165) is 6.07 Å². The first-order valence-corrected chi connectivity index (χ1v) is 10.2. The largest absolute Gasteiger partial charge is 0.497 e. The second-order valence-corrected chi connectivity index (χ2v) is 8.01. The molecule has 0 saturated heterocycles. The van der Waals surface area contributed by atoms with Gasteiger partial charge in [0, 0.05) is 16.8 Å². The molecule has 30 heavy (non-hydrogen) atoms. The molecule has 0 aromatic heterocycles. The molecule has 0 fully saturated rings. The topological polar surface area (TPSA) is 136 Å². The van der Waals surface area contributed by atoms with Gasteiger partial charge in [-0.25, -0.2) is 0 Å². The fourth-order valence-corrected chi connectivity index (χ4v) is 4.08. The maximum absolute atomic E-state index is 13.2. The maximum Gasteiger partial charge on any atom is 0.296 e. The van der Waals surface area contributed by atoms with Gasteiger partial charge < -0.3 is 15.8 Å². The van der Waals surface area contributed by atoms with E-state index in [4.69, 9.17) is 10.5 Å². The van der Waals surface area contributed by atoms with Gasteiger partial charge in [0.1, 0.15) is 10.6 Å². The fourth-order valence-electron chi connectivity index (χ4n) is 3.44. The Balaban J connectivity index is 1.98. The number of methoxy groups -OCH3 is 1. The quantitative estimate of drug-likeness (QED) is 0.336. The van der Waals surface area contributed by atoms with Crippen LogP contribution in [0.2, 0.25) is 0 Å². The van der Waals surface area contributed by atoms with Crippen molar-refractivity contribution in [3.8, 4) is 5.75 Å². The van der Waals surface area contributed by atoms with Crippen LogP contribution >= 0.6 is 0 Å². The van der Waals surface area contributed by atoms with Gasteiger partial charge in [-0.15, -0.1) is 0 Å². The number of nitrogens with two attached hydrogens (primary N) is 1. The summed E-state index contributed by atoms with van der Waals surface area (Å²) in [4.78, 5) is 25.6. The number of ether oxygens (including phenoxy) is 1. The average Bonchev–Trinajstić information content (AvgIpc) is 2.72. The van der Waals surface area contributed by atoms with E-state index >= 15 is 0 Å². The van der Waals surface area contributed by atoms with E-state index in [0.29, 0.717) is 11.4 Å². The molecule has 1 aliphatic carbocycles. The molecule has 8 nitrogen and oxygen atoms in total. The summed E-state index contributed by atoms with van der Waals surface area (Å²) in [5.74, 6) is -0.482. The Kier molecular flexibility index (Phi) is 4.56. The molecule has 3 aromatic carbocycles. The Morgan fingerprint density at radius 2 is 1.50 bits per heavy atom. The second kappa shape index (κ2) is 6.97. The zero-order chi connectivity index (χ0) is 21.6. The highest BCUT2D eigenvalue weighted by atomic mass is 32.2. The molecule has 0 unspecified atom stereocenters. The van der Waals surface area contributed by atoms with Crippen molar-refractivity contribution >= 4 is 38.7 Å². The number of benzene rings is 3. The fraction of sp³-hybridized carbons (Fsp3) is 0.0476. The van der Waals surface area contributed by atoms with Crippen molar-refractivity contribution in [2.24, 2.45) is 0 Å². The summed E-state index contributed by atoms with van der Waals surface area (Å²) in [5, 5.41) is 2.95. The monoisotopic (exact) mass is 424 g/mol. The van der Waals surface area contributed by atoms with E-state index in [1.54, 1.807) is 36.4 Å². The first-order valence-electron chi connectivity index (χ1n) is 8.76. The number of carbonyl (C=O) groups excluding carboxylic acids is 2. The van der Waals surface area contributed by atoms with Crippen molar-refractivity contribution in [1.82, 2.24) is 0 Å². The highest BCUT2D eigenvalue weighted by molar-refractivity contribution is 7.86. The van der Waals surface area contributed by atoms with Gasteiger partial charge in [0.2, 0.25) is 0 Å². The Labute approximate surface area is 172 Å². The standard InChI is InChI=1S/C21H16N2O6S/c1-29-12-8-6-11(7-9-12)23-15-10-16(30(26,27)28)19(22)18-17(15)20(24)13-4-2-3-5-14(13)21(18)25/h2-10,23H,22H2,1H3,(H,26,27,28). The van der Waals surface area contributed by atoms with E-state index in [2.05, 4.69) is 5.32 Å². The van der Waals surface area contributed by atoms with Crippen LogP contribution in [0.15, 0.2) is 59.5 Å². The molecule has 0 saturated carbocycles. The van der Waals surface area contributed by atoms with E-state index in [1.807, 2.05) is 0 Å². The van der Waals surface area contributed by atoms with Crippen molar-refractivity contribution < 1.29 is 27.3 Å². The first-order chi connectivity index (χ1) is 14.2. The van der Waals surface area contributed by atoms with Crippen LogP contribution in [0.4, 0.5) is 17.1 Å². The zero-order valence-corrected chi connectivity index (χ0v) is 16.5. The smallest absolute Gasteiger partial charge is 0.296 e. The van der Waals surface area contributed by atoms with Crippen LogP contribution in [0.5, 0.6) is 5.75 Å². The predicted molar refractivity (Wildman–Crippen MR) is 110 cm³/mol. The molecule has 0 spiro atoms. The zero-order valence-electron chi connectivity index (χ0n) is 15.7. The van der Waals surface area contributed by atoms with E-state index in [1.165, 1.54) is 19.2 Å². The minimum atomic E-state index is -4.76. The molecular formula is C21H16N2O6S. The van der Waals surface area contributed by atoms with Crippen molar-refractivity contribution in [2.45, 2.75) is 4.90 Å². The van der Waals surface area contributed by atoms with Crippen molar-refractivity contribution in [1.29, 1.82) is 0 Å². The van der Waals surface area contributed by atoms with Crippen molar-refractivity contribution in [3.05, 3.63) is 76.9 Å². The van der Waals surface area contributed by atoms with Crippen LogP contribution in [-0.4, -0.2) is 31.6 Å². The van der Waals surface area contributed by atoms with Gasteiger partial charge in [-0.05, 0) is 30.3 Å². The lowest BCUT2D eigenvalue weighted by Gasteiger charge is -2.23. The molecule has 0 atom stereocenters. The summed E-state index contributed by atoms with van der Waals surface area (Å²) in [6.07, 6.45) is 0. The number of hydrogen-bond donors (Lipinski definition) is 3. The molecule has 4 rings (SSSR count). The molecule has 0 heterocycles. The maximum atomic E-state index is 13.2. The molecule has 152 valence electrons. The molecule has 0 aliphatic heterocycles. The Morgan fingerprint density at radius 1 is 0.933 bits per heavy atom. The van der Waals surface area contributed by atoms with Crippen molar-refractivity contribution in [2.75, 3.05) is 18.2 Å². The van der Waals surface area contributed by atoms with Gasteiger partial charge in [0.25, 0.3) is 10.1 Å². The Hall–Kier alpha value is -3.69. The Morgan fingerprint density at radius 3 is 2.03 bits per heavy atom. The number of ketones is 2. The van der Waals surface area contributed by atoms with Crippen LogP contribution in [0.1, 0.15) is 31.8 Å². The average molecular weight is 424 g/mol. The highest BCUT2D eigenvalue weighted by Crippen LogP contribution is 2.40. The molecule has 9 heteroatoms. The van der Waals surface area contributed by atoms with E-state index in [9.17, 15) is 22.6 Å². The van der Waals surface area contributed by atoms with E-state index < -0.39 is 32.3 Å². The normalized spacial score (nSPS) is 12.9. The molecule has 0 bridgehead atoms. The molecule has 0 amide bonds. The summed E-state index contributed by atoms with van der Waals surface area (Å²) in [6.45, 7) is 0. The van der Waals surface area contributed by atoms with Crippen LogP contribution < -0.4 is 15.8 Å². The summed E-state index contributed by atoms with van der Waals surface area (Å²) in [6, 6.07) is 13.9. The third-order valence-electron chi connectivity index (χ3n) is 4.85. The summed E-state index contributed by atoms with van der Waals surface area (Å²) >= 11 is 0. The number of rotatable bonds is 4. The molecular weight excluding hydrogens is 408 g/mol. The SMILES string of the molecule is COc1ccc(Nc2cc(S(=O)(=O)O)c(N)c3c2C(=O)c2ccccc2C3=O)cc1.